The molecule has 3 fully saturated rings. The molecule has 1 heterocycles. The summed E-state index contributed by atoms with van der Waals surface area (Å²) in [7, 11) is 0. The third-order valence-corrected chi connectivity index (χ3v) is 9.11. The second kappa shape index (κ2) is 14.6. The number of nitrogens with one attached hydrogen (secondary N) is 3. The lowest BCUT2D eigenvalue weighted by atomic mass is 9.77. The van der Waals surface area contributed by atoms with Gasteiger partial charge in [-0.1, -0.05) is 56.5 Å². The van der Waals surface area contributed by atoms with Crippen molar-refractivity contribution < 1.29 is 23.8 Å². The summed E-state index contributed by atoms with van der Waals surface area (Å²) in [5, 5.41) is 20.7. The maximum atomic E-state index is 13.7. The number of hydrogen-bond acceptors (Lipinski definition) is 5. The lowest BCUT2D eigenvalue weighted by Gasteiger charge is -2.39. The van der Waals surface area contributed by atoms with Crippen LogP contribution in [0.15, 0.2) is 18.2 Å². The monoisotopic (exact) mass is 565 g/mol. The zero-order valence-corrected chi connectivity index (χ0v) is 23.7. The first-order valence-corrected chi connectivity index (χ1v) is 15.3. The molecule has 1 aromatic rings. The smallest absolute Gasteiger partial charge is 0.258 e. The molecule has 1 aromatic carbocycles. The fourth-order valence-electron chi connectivity index (χ4n) is 6.83. The van der Waals surface area contributed by atoms with E-state index in [2.05, 4.69) is 16.0 Å². The third-order valence-electron chi connectivity index (χ3n) is 8.81. The van der Waals surface area contributed by atoms with Crippen molar-refractivity contribution >= 4 is 23.4 Å². The van der Waals surface area contributed by atoms with Gasteiger partial charge in [0.15, 0.2) is 6.61 Å². The van der Waals surface area contributed by atoms with Crippen LogP contribution in [0.1, 0.15) is 96.3 Å². The quantitative estimate of drug-likeness (QED) is 0.302. The van der Waals surface area contributed by atoms with Crippen LogP contribution in [0.4, 0.5) is 4.39 Å². The Morgan fingerprint density at radius 2 is 1.79 bits per heavy atom. The molecule has 1 aliphatic heterocycles. The highest BCUT2D eigenvalue weighted by atomic mass is 35.5. The van der Waals surface area contributed by atoms with Gasteiger partial charge >= 0.3 is 0 Å². The van der Waals surface area contributed by atoms with Gasteiger partial charge in [-0.25, -0.2) is 4.39 Å². The first kappa shape index (κ1) is 30.1. The molecule has 4 N–H and O–H groups in total. The highest BCUT2D eigenvalue weighted by molar-refractivity contribution is 6.30. The van der Waals surface area contributed by atoms with Crippen molar-refractivity contribution in [3.63, 3.8) is 0 Å². The summed E-state index contributed by atoms with van der Waals surface area (Å²) >= 11 is 5.70. The van der Waals surface area contributed by atoms with E-state index in [1.54, 1.807) is 0 Å². The lowest BCUT2D eigenvalue weighted by molar-refractivity contribution is -0.126. The van der Waals surface area contributed by atoms with Crippen molar-refractivity contribution in [2.24, 2.45) is 5.92 Å². The van der Waals surface area contributed by atoms with E-state index in [1.165, 1.54) is 57.1 Å². The number of amides is 2. The summed E-state index contributed by atoms with van der Waals surface area (Å²) < 4.78 is 19.1. The van der Waals surface area contributed by atoms with Gasteiger partial charge in [-0.2, -0.15) is 0 Å². The molecule has 0 aromatic heterocycles. The van der Waals surface area contributed by atoms with Gasteiger partial charge in [0.05, 0.1) is 17.5 Å². The summed E-state index contributed by atoms with van der Waals surface area (Å²) in [5.41, 5.74) is -0.582. The summed E-state index contributed by atoms with van der Waals surface area (Å²) in [4.78, 5) is 25.5. The minimum Gasteiger partial charge on any atom is -0.484 e. The Labute approximate surface area is 237 Å². The standard InChI is InChI=1S/C30H45ClFN3O4/c31-25-13-12-24(17-26(25)32)39-20-29(38)35-30(14-5-2-6-15-30)18-23(36)16-28(37)33-19-22-10-7-11-27(34-22)21-8-3-1-4-9-21/h12-13,17,21-23,27,34,36H,1-11,14-16,18-20H2,(H,33,37)(H,35,38). The molecule has 1 saturated heterocycles. The predicted octanol–water partition coefficient (Wildman–Crippen LogP) is 5.03. The number of aliphatic hydroxyl groups excluding tert-OH is 1. The second-order valence-corrected chi connectivity index (χ2v) is 12.3. The molecule has 9 heteroatoms. The fourth-order valence-corrected chi connectivity index (χ4v) is 6.94. The fraction of sp³-hybridized carbons (Fsp3) is 0.733. The van der Waals surface area contributed by atoms with Crippen LogP contribution >= 0.6 is 11.6 Å². The highest BCUT2D eigenvalue weighted by Crippen LogP contribution is 2.33. The summed E-state index contributed by atoms with van der Waals surface area (Å²) in [5.74, 6) is -0.116. The van der Waals surface area contributed by atoms with Gasteiger partial charge in [0.25, 0.3) is 5.91 Å². The van der Waals surface area contributed by atoms with Crippen LogP contribution in [0.3, 0.4) is 0 Å². The van der Waals surface area contributed by atoms with E-state index in [1.807, 2.05) is 0 Å². The Hall–Kier alpha value is -1.90. The SMILES string of the molecule is O=C(CC(O)CC1(NC(=O)COc2ccc(Cl)c(F)c2)CCCCC1)NCC1CCCC(C2CCCCC2)N1. The van der Waals surface area contributed by atoms with Crippen molar-refractivity contribution in [2.45, 2.75) is 120 Å². The van der Waals surface area contributed by atoms with Crippen molar-refractivity contribution in [2.75, 3.05) is 13.2 Å². The Bertz CT molecular complexity index is 952. The third kappa shape index (κ3) is 9.32. The maximum absolute atomic E-state index is 13.7. The number of halogens is 2. The van der Waals surface area contributed by atoms with Crippen LogP contribution in [0, 0.1) is 11.7 Å². The Morgan fingerprint density at radius 1 is 1.05 bits per heavy atom. The van der Waals surface area contributed by atoms with E-state index in [4.69, 9.17) is 16.3 Å². The first-order valence-electron chi connectivity index (χ1n) is 14.9. The average Bonchev–Trinajstić information content (AvgIpc) is 2.93. The van der Waals surface area contributed by atoms with Gasteiger partial charge in [0.1, 0.15) is 11.6 Å². The largest absolute Gasteiger partial charge is 0.484 e. The Kier molecular flexibility index (Phi) is 11.3. The van der Waals surface area contributed by atoms with E-state index in [-0.39, 0.29) is 41.7 Å². The van der Waals surface area contributed by atoms with E-state index < -0.39 is 17.5 Å². The van der Waals surface area contributed by atoms with Gasteiger partial charge in [-0.15, -0.1) is 0 Å². The van der Waals surface area contributed by atoms with Crippen LogP contribution in [0.5, 0.6) is 5.75 Å². The van der Waals surface area contributed by atoms with E-state index in [0.29, 0.717) is 19.0 Å². The minimum absolute atomic E-state index is 0.00960. The van der Waals surface area contributed by atoms with Crippen molar-refractivity contribution in [1.29, 1.82) is 0 Å². The van der Waals surface area contributed by atoms with Gasteiger partial charge < -0.3 is 25.8 Å². The first-order chi connectivity index (χ1) is 18.8. The number of piperidine rings is 1. The number of aliphatic hydroxyl groups is 1. The van der Waals surface area contributed by atoms with Crippen LogP contribution < -0.4 is 20.7 Å². The van der Waals surface area contributed by atoms with Crippen LogP contribution in [0.2, 0.25) is 5.02 Å². The topological polar surface area (TPSA) is 99.7 Å². The Balaban J connectivity index is 1.21. The molecule has 0 radical (unpaired) electrons. The van der Waals surface area contributed by atoms with Crippen molar-refractivity contribution in [3.05, 3.63) is 29.0 Å². The molecule has 7 nitrogen and oxygen atoms in total. The van der Waals surface area contributed by atoms with Gasteiger partial charge in [0, 0.05) is 30.2 Å². The van der Waals surface area contributed by atoms with Gasteiger partial charge in [-0.3, -0.25) is 9.59 Å². The lowest BCUT2D eigenvalue weighted by Crippen LogP contribution is -2.53. The normalized spacial score (nSPS) is 24.5. The predicted molar refractivity (Wildman–Crippen MR) is 150 cm³/mol. The molecule has 3 aliphatic rings. The molecular formula is C30H45ClFN3O4. The highest BCUT2D eigenvalue weighted by Gasteiger charge is 2.36. The molecule has 3 unspecified atom stereocenters. The molecule has 2 aliphatic carbocycles. The zero-order valence-electron chi connectivity index (χ0n) is 23.0. The molecule has 39 heavy (non-hydrogen) atoms. The summed E-state index contributed by atoms with van der Waals surface area (Å²) in [6, 6.07) is 4.88. The van der Waals surface area contributed by atoms with Crippen LogP contribution in [-0.4, -0.2) is 53.8 Å². The second-order valence-electron chi connectivity index (χ2n) is 11.9. The minimum atomic E-state index is -0.857. The number of carbonyl (C=O) groups is 2. The number of carbonyl (C=O) groups excluding carboxylic acids is 2. The van der Waals surface area contributed by atoms with Crippen LogP contribution in [0.25, 0.3) is 0 Å². The maximum Gasteiger partial charge on any atom is 0.258 e. The van der Waals surface area contributed by atoms with E-state index in [9.17, 15) is 19.1 Å². The Morgan fingerprint density at radius 3 is 2.54 bits per heavy atom. The molecule has 4 rings (SSSR count). The molecule has 0 bridgehead atoms. The number of hydrogen-bond donors (Lipinski definition) is 4. The molecule has 0 spiro atoms. The zero-order chi connectivity index (χ0) is 27.7. The van der Waals surface area contributed by atoms with E-state index in [0.717, 1.165) is 50.5 Å². The van der Waals surface area contributed by atoms with Crippen LogP contribution in [-0.2, 0) is 9.59 Å². The molecular weight excluding hydrogens is 521 g/mol. The van der Waals surface area contributed by atoms with Crippen molar-refractivity contribution in [3.8, 4) is 5.75 Å². The number of rotatable bonds is 11. The molecule has 2 saturated carbocycles. The summed E-state index contributed by atoms with van der Waals surface area (Å²) in [6.45, 7) is 0.314. The summed E-state index contributed by atoms with van der Waals surface area (Å²) in [6.07, 6.45) is 14.0. The van der Waals surface area contributed by atoms with E-state index >= 15 is 0 Å². The molecule has 2 amide bonds. The number of benzene rings is 1. The molecule has 218 valence electrons. The van der Waals surface area contributed by atoms with Gasteiger partial charge in [0.2, 0.25) is 5.91 Å². The van der Waals surface area contributed by atoms with Crippen molar-refractivity contribution in [1.82, 2.24) is 16.0 Å². The molecule has 3 atom stereocenters. The average molecular weight is 566 g/mol. The number of ether oxygens (including phenoxy) is 1. The van der Waals surface area contributed by atoms with Gasteiger partial charge in [-0.05, 0) is 63.0 Å².